The molecule has 1 atom stereocenters. The topological polar surface area (TPSA) is 52.5 Å². The van der Waals surface area contributed by atoms with Crippen LogP contribution < -0.4 is 5.32 Å². The number of phenolic OH excluding ortho intramolecular Hbond substituents is 1. The summed E-state index contributed by atoms with van der Waals surface area (Å²) in [6.07, 6.45) is 0.168. The van der Waals surface area contributed by atoms with Gasteiger partial charge in [0.05, 0.1) is 6.10 Å². The van der Waals surface area contributed by atoms with Crippen molar-refractivity contribution in [3.63, 3.8) is 0 Å². The molecule has 0 aliphatic carbocycles. The minimum absolute atomic E-state index is 0.245. The molecule has 13 heavy (non-hydrogen) atoms. The van der Waals surface area contributed by atoms with Gasteiger partial charge in [0.2, 0.25) is 0 Å². The van der Waals surface area contributed by atoms with Crippen molar-refractivity contribution in [2.45, 2.75) is 12.5 Å². The van der Waals surface area contributed by atoms with Crippen LogP contribution in [0.5, 0.6) is 5.75 Å². The average Bonchev–Trinajstić information content (AvgIpc) is 2.04. The quantitative estimate of drug-likeness (QED) is 0.634. The van der Waals surface area contributed by atoms with Crippen molar-refractivity contribution in [2.24, 2.45) is 0 Å². The van der Waals surface area contributed by atoms with Crippen molar-refractivity contribution in [2.75, 3.05) is 13.6 Å². The SMILES string of the molecule is CNC[C@H](O)Cc1cccc(O)c1. The molecule has 0 heterocycles. The van der Waals surface area contributed by atoms with Crippen molar-refractivity contribution in [3.8, 4) is 5.75 Å². The molecular weight excluding hydrogens is 166 g/mol. The van der Waals surface area contributed by atoms with E-state index in [2.05, 4.69) is 5.32 Å². The second kappa shape index (κ2) is 4.84. The maximum Gasteiger partial charge on any atom is 0.115 e. The van der Waals surface area contributed by atoms with Gasteiger partial charge in [-0.25, -0.2) is 0 Å². The monoisotopic (exact) mass is 181 g/mol. The summed E-state index contributed by atoms with van der Waals surface area (Å²) in [4.78, 5) is 0. The molecule has 0 saturated heterocycles. The van der Waals surface area contributed by atoms with E-state index >= 15 is 0 Å². The predicted octanol–water partition coefficient (Wildman–Crippen LogP) is 0.515. The first-order chi connectivity index (χ1) is 6.22. The maximum absolute atomic E-state index is 9.45. The minimum atomic E-state index is -0.396. The smallest absolute Gasteiger partial charge is 0.115 e. The molecule has 1 aromatic rings. The third kappa shape index (κ3) is 3.44. The first-order valence-corrected chi connectivity index (χ1v) is 4.33. The van der Waals surface area contributed by atoms with E-state index in [9.17, 15) is 5.11 Å². The summed E-state index contributed by atoms with van der Waals surface area (Å²) >= 11 is 0. The van der Waals surface area contributed by atoms with E-state index in [1.807, 2.05) is 6.07 Å². The Morgan fingerprint density at radius 1 is 1.46 bits per heavy atom. The van der Waals surface area contributed by atoms with E-state index in [0.717, 1.165) is 5.56 Å². The molecule has 1 rings (SSSR count). The highest BCUT2D eigenvalue weighted by Gasteiger charge is 2.03. The van der Waals surface area contributed by atoms with Crippen LogP contribution in [0.4, 0.5) is 0 Å². The number of phenols is 1. The molecule has 0 radical (unpaired) electrons. The van der Waals surface area contributed by atoms with Gasteiger partial charge < -0.3 is 15.5 Å². The van der Waals surface area contributed by atoms with Gasteiger partial charge >= 0.3 is 0 Å². The van der Waals surface area contributed by atoms with Crippen molar-refractivity contribution < 1.29 is 10.2 Å². The Morgan fingerprint density at radius 2 is 2.23 bits per heavy atom. The minimum Gasteiger partial charge on any atom is -0.508 e. The van der Waals surface area contributed by atoms with Gasteiger partial charge in [0.25, 0.3) is 0 Å². The van der Waals surface area contributed by atoms with Crippen LogP contribution in [0.1, 0.15) is 5.56 Å². The lowest BCUT2D eigenvalue weighted by Crippen LogP contribution is -2.25. The highest BCUT2D eigenvalue weighted by molar-refractivity contribution is 5.27. The molecule has 0 bridgehead atoms. The summed E-state index contributed by atoms with van der Waals surface area (Å²) < 4.78 is 0. The Morgan fingerprint density at radius 3 is 2.85 bits per heavy atom. The van der Waals surface area contributed by atoms with E-state index < -0.39 is 6.10 Å². The van der Waals surface area contributed by atoms with Crippen LogP contribution in [-0.2, 0) is 6.42 Å². The van der Waals surface area contributed by atoms with Crippen molar-refractivity contribution >= 4 is 0 Å². The molecular formula is C10H15NO2. The van der Waals surface area contributed by atoms with E-state index in [1.54, 1.807) is 25.2 Å². The van der Waals surface area contributed by atoms with Crippen LogP contribution in [0.2, 0.25) is 0 Å². The number of aromatic hydroxyl groups is 1. The summed E-state index contributed by atoms with van der Waals surface area (Å²) in [7, 11) is 1.80. The number of aliphatic hydroxyl groups excluding tert-OH is 1. The van der Waals surface area contributed by atoms with Gasteiger partial charge in [-0.1, -0.05) is 12.1 Å². The Balaban J connectivity index is 2.53. The lowest BCUT2D eigenvalue weighted by Gasteiger charge is -2.09. The zero-order valence-electron chi connectivity index (χ0n) is 7.70. The molecule has 72 valence electrons. The number of rotatable bonds is 4. The second-order valence-corrected chi connectivity index (χ2v) is 3.09. The molecule has 0 aliphatic rings. The van der Waals surface area contributed by atoms with Gasteiger partial charge in [-0.15, -0.1) is 0 Å². The highest BCUT2D eigenvalue weighted by atomic mass is 16.3. The zero-order chi connectivity index (χ0) is 9.68. The van der Waals surface area contributed by atoms with E-state index in [1.165, 1.54) is 0 Å². The molecule has 0 aromatic heterocycles. The van der Waals surface area contributed by atoms with Gasteiger partial charge in [-0.3, -0.25) is 0 Å². The zero-order valence-corrected chi connectivity index (χ0v) is 7.70. The fraction of sp³-hybridized carbons (Fsp3) is 0.400. The van der Waals surface area contributed by atoms with E-state index in [0.29, 0.717) is 13.0 Å². The second-order valence-electron chi connectivity index (χ2n) is 3.09. The number of benzene rings is 1. The fourth-order valence-corrected chi connectivity index (χ4v) is 1.26. The molecule has 0 aliphatic heterocycles. The van der Waals surface area contributed by atoms with Crippen LogP contribution in [0.25, 0.3) is 0 Å². The third-order valence-corrected chi connectivity index (χ3v) is 1.82. The lowest BCUT2D eigenvalue weighted by atomic mass is 10.1. The first kappa shape index (κ1) is 10.0. The normalized spacial score (nSPS) is 12.8. The standard InChI is InChI=1S/C10H15NO2/c1-11-7-10(13)6-8-3-2-4-9(12)5-8/h2-5,10-13H,6-7H2,1H3/t10-/m1/s1. The lowest BCUT2D eigenvalue weighted by molar-refractivity contribution is 0.174. The van der Waals surface area contributed by atoms with Gasteiger partial charge in [-0.2, -0.15) is 0 Å². The predicted molar refractivity (Wildman–Crippen MR) is 51.7 cm³/mol. The third-order valence-electron chi connectivity index (χ3n) is 1.82. The van der Waals surface area contributed by atoms with Crippen LogP contribution in [-0.4, -0.2) is 29.9 Å². The molecule has 3 heteroatoms. The number of aliphatic hydroxyl groups is 1. The van der Waals surface area contributed by atoms with Crippen molar-refractivity contribution in [1.82, 2.24) is 5.32 Å². The molecule has 1 aromatic carbocycles. The van der Waals surface area contributed by atoms with Gasteiger partial charge in [0.15, 0.2) is 0 Å². The summed E-state index contributed by atoms with van der Waals surface area (Å²) in [6, 6.07) is 6.95. The summed E-state index contributed by atoms with van der Waals surface area (Å²) in [5, 5.41) is 21.5. The van der Waals surface area contributed by atoms with Gasteiger partial charge in [0.1, 0.15) is 5.75 Å². The highest BCUT2D eigenvalue weighted by Crippen LogP contribution is 2.12. The molecule has 0 fully saturated rings. The van der Waals surface area contributed by atoms with Crippen LogP contribution in [0.3, 0.4) is 0 Å². The first-order valence-electron chi connectivity index (χ1n) is 4.33. The fourth-order valence-electron chi connectivity index (χ4n) is 1.26. The van der Waals surface area contributed by atoms with E-state index in [4.69, 9.17) is 5.11 Å². The van der Waals surface area contributed by atoms with Gasteiger partial charge in [-0.05, 0) is 31.2 Å². The molecule has 0 spiro atoms. The number of hydrogen-bond donors (Lipinski definition) is 3. The molecule has 0 unspecified atom stereocenters. The Labute approximate surface area is 78.0 Å². The summed E-state index contributed by atoms with van der Waals surface area (Å²) in [6.45, 7) is 0.565. The molecule has 3 N–H and O–H groups in total. The van der Waals surface area contributed by atoms with Crippen molar-refractivity contribution in [1.29, 1.82) is 0 Å². The number of likely N-dealkylation sites (N-methyl/N-ethyl adjacent to an activating group) is 1. The van der Waals surface area contributed by atoms with Gasteiger partial charge in [0, 0.05) is 6.54 Å². The van der Waals surface area contributed by atoms with E-state index in [-0.39, 0.29) is 5.75 Å². The van der Waals surface area contributed by atoms with Crippen LogP contribution in [0, 0.1) is 0 Å². The molecule has 0 saturated carbocycles. The Kier molecular flexibility index (Phi) is 3.73. The Bertz CT molecular complexity index is 263. The number of hydrogen-bond acceptors (Lipinski definition) is 3. The van der Waals surface area contributed by atoms with Crippen molar-refractivity contribution in [3.05, 3.63) is 29.8 Å². The van der Waals surface area contributed by atoms with Crippen LogP contribution in [0.15, 0.2) is 24.3 Å². The Hall–Kier alpha value is -1.06. The maximum atomic E-state index is 9.45. The average molecular weight is 181 g/mol. The van der Waals surface area contributed by atoms with Crippen LogP contribution >= 0.6 is 0 Å². The molecule has 3 nitrogen and oxygen atoms in total. The molecule has 0 amide bonds. The summed E-state index contributed by atoms with van der Waals surface area (Å²) in [5.74, 6) is 0.245. The summed E-state index contributed by atoms with van der Waals surface area (Å²) in [5.41, 5.74) is 0.947. The number of nitrogens with one attached hydrogen (secondary N) is 1. The largest absolute Gasteiger partial charge is 0.508 e.